The van der Waals surface area contributed by atoms with Crippen LogP contribution in [0.1, 0.15) is 51.6 Å². The fourth-order valence-electron chi connectivity index (χ4n) is 4.58. The maximum atomic E-state index is 13.1. The molecule has 5 nitrogen and oxygen atoms in total. The summed E-state index contributed by atoms with van der Waals surface area (Å²) in [6, 6.07) is 23.6. The average Bonchev–Trinajstić information content (AvgIpc) is 2.82. The summed E-state index contributed by atoms with van der Waals surface area (Å²) < 4.78 is 1.73. The molecule has 0 saturated carbocycles. The molecule has 5 rings (SSSR count). The Bertz CT molecular complexity index is 1360. The van der Waals surface area contributed by atoms with Crippen LogP contribution in [0.5, 0.6) is 0 Å². The number of aryl methyl sites for hydroxylation is 2. The van der Waals surface area contributed by atoms with Gasteiger partial charge in [-0.05, 0) is 61.1 Å². The van der Waals surface area contributed by atoms with Crippen LogP contribution in [0.2, 0.25) is 0 Å². The third-order valence-corrected chi connectivity index (χ3v) is 6.23. The van der Waals surface area contributed by atoms with Gasteiger partial charge in [0.25, 0.3) is 11.5 Å². The number of nitrogens with zero attached hydrogens (tertiary/aromatic N) is 2. The summed E-state index contributed by atoms with van der Waals surface area (Å²) in [6.07, 6.45) is 3.05. The molecule has 0 radical (unpaired) electrons. The maximum Gasteiger partial charge on any atom is 0.272 e. The number of fused-ring (bicyclic) bond motifs is 2. The minimum absolute atomic E-state index is 0.0184. The van der Waals surface area contributed by atoms with E-state index in [-0.39, 0.29) is 17.5 Å². The molecule has 1 aromatic heterocycles. The SMILES string of the molecule is Cc1nc2cc(C(=O)N[C@H]3CCCc4ccccc43)ccc2n(Cc2ccccc2)c1=O. The molecule has 1 aliphatic carbocycles. The van der Waals surface area contributed by atoms with Crippen LogP contribution in [0, 0.1) is 6.92 Å². The lowest BCUT2D eigenvalue weighted by atomic mass is 9.87. The Hall–Kier alpha value is -3.73. The highest BCUT2D eigenvalue weighted by Crippen LogP contribution is 2.29. The Labute approximate surface area is 186 Å². The second-order valence-electron chi connectivity index (χ2n) is 8.39. The van der Waals surface area contributed by atoms with Crippen molar-refractivity contribution in [2.45, 2.75) is 38.8 Å². The largest absolute Gasteiger partial charge is 0.345 e. The second-order valence-corrected chi connectivity index (χ2v) is 8.39. The van der Waals surface area contributed by atoms with Crippen molar-refractivity contribution in [3.05, 3.63) is 111 Å². The van der Waals surface area contributed by atoms with E-state index in [1.54, 1.807) is 23.6 Å². The molecule has 1 heterocycles. The van der Waals surface area contributed by atoms with Crippen molar-refractivity contribution in [2.75, 3.05) is 0 Å². The number of hydrogen-bond acceptors (Lipinski definition) is 3. The number of aromatic nitrogens is 2. The predicted molar refractivity (Wildman–Crippen MR) is 126 cm³/mol. The lowest BCUT2D eigenvalue weighted by molar-refractivity contribution is 0.0933. The molecule has 5 heteroatoms. The van der Waals surface area contributed by atoms with Gasteiger partial charge in [0.1, 0.15) is 5.69 Å². The molecular weight excluding hydrogens is 398 g/mol. The number of nitrogens with one attached hydrogen (secondary N) is 1. The fraction of sp³-hybridized carbons (Fsp3) is 0.222. The topological polar surface area (TPSA) is 64.0 Å². The van der Waals surface area contributed by atoms with Crippen LogP contribution in [-0.4, -0.2) is 15.5 Å². The van der Waals surface area contributed by atoms with Gasteiger partial charge in [0, 0.05) is 5.56 Å². The molecule has 1 atom stereocenters. The lowest BCUT2D eigenvalue weighted by Crippen LogP contribution is -2.31. The van der Waals surface area contributed by atoms with Crippen molar-refractivity contribution in [1.82, 2.24) is 14.9 Å². The van der Waals surface area contributed by atoms with Crippen LogP contribution >= 0.6 is 0 Å². The van der Waals surface area contributed by atoms with Gasteiger partial charge in [-0.15, -0.1) is 0 Å². The molecule has 1 aliphatic rings. The first-order valence-electron chi connectivity index (χ1n) is 11.0. The first kappa shape index (κ1) is 20.2. The summed E-state index contributed by atoms with van der Waals surface area (Å²) in [4.78, 5) is 30.4. The van der Waals surface area contributed by atoms with Crippen LogP contribution < -0.4 is 10.9 Å². The van der Waals surface area contributed by atoms with Gasteiger partial charge >= 0.3 is 0 Å². The van der Waals surface area contributed by atoms with E-state index >= 15 is 0 Å². The molecule has 0 unspecified atom stereocenters. The first-order valence-corrected chi connectivity index (χ1v) is 11.0. The van der Waals surface area contributed by atoms with Gasteiger partial charge in [-0.25, -0.2) is 4.98 Å². The zero-order chi connectivity index (χ0) is 22.1. The van der Waals surface area contributed by atoms with Crippen molar-refractivity contribution in [3.63, 3.8) is 0 Å². The Morgan fingerprint density at radius 2 is 1.84 bits per heavy atom. The van der Waals surface area contributed by atoms with Gasteiger partial charge in [0.2, 0.25) is 0 Å². The number of benzene rings is 3. The molecular formula is C27H25N3O2. The highest BCUT2D eigenvalue weighted by molar-refractivity contribution is 5.97. The zero-order valence-corrected chi connectivity index (χ0v) is 18.0. The van der Waals surface area contributed by atoms with Crippen LogP contribution in [0.4, 0.5) is 0 Å². The van der Waals surface area contributed by atoms with E-state index in [4.69, 9.17) is 0 Å². The normalized spacial score (nSPS) is 15.3. The smallest absolute Gasteiger partial charge is 0.272 e. The van der Waals surface area contributed by atoms with Crippen LogP contribution in [0.25, 0.3) is 11.0 Å². The minimum Gasteiger partial charge on any atom is -0.345 e. The summed E-state index contributed by atoms with van der Waals surface area (Å²) in [5.74, 6) is -0.117. The minimum atomic E-state index is -0.117. The van der Waals surface area contributed by atoms with Gasteiger partial charge in [-0.2, -0.15) is 0 Å². The molecule has 160 valence electrons. The van der Waals surface area contributed by atoms with Crippen LogP contribution in [0.3, 0.4) is 0 Å². The standard InChI is InChI=1S/C27H25N3O2/c1-18-27(32)30(17-19-8-3-2-4-9-19)25-15-14-21(16-24(25)28-18)26(31)29-23-13-7-11-20-10-5-6-12-22(20)23/h2-6,8-10,12,14-16,23H,7,11,13,17H2,1H3,(H,29,31)/t23-/m0/s1. The summed E-state index contributed by atoms with van der Waals surface area (Å²) in [7, 11) is 0. The molecule has 4 aromatic rings. The van der Waals surface area contributed by atoms with Crippen molar-refractivity contribution in [3.8, 4) is 0 Å². The van der Waals surface area contributed by atoms with E-state index in [2.05, 4.69) is 28.5 Å². The Balaban J connectivity index is 1.47. The molecule has 0 bridgehead atoms. The highest BCUT2D eigenvalue weighted by Gasteiger charge is 2.22. The van der Waals surface area contributed by atoms with E-state index in [0.29, 0.717) is 23.3 Å². The van der Waals surface area contributed by atoms with Gasteiger partial charge < -0.3 is 9.88 Å². The van der Waals surface area contributed by atoms with E-state index in [0.717, 1.165) is 30.3 Å². The second kappa shape index (κ2) is 8.42. The zero-order valence-electron chi connectivity index (χ0n) is 18.0. The molecule has 3 aromatic carbocycles. The van der Waals surface area contributed by atoms with Crippen molar-refractivity contribution < 1.29 is 4.79 Å². The van der Waals surface area contributed by atoms with E-state index < -0.39 is 0 Å². The Morgan fingerprint density at radius 1 is 1.06 bits per heavy atom. The summed E-state index contributed by atoms with van der Waals surface area (Å²) in [6.45, 7) is 2.18. The maximum absolute atomic E-state index is 13.1. The summed E-state index contributed by atoms with van der Waals surface area (Å²) in [5, 5.41) is 3.20. The third-order valence-electron chi connectivity index (χ3n) is 6.23. The summed E-state index contributed by atoms with van der Waals surface area (Å²) >= 11 is 0. The summed E-state index contributed by atoms with van der Waals surface area (Å²) in [5.41, 5.74) is 5.79. The quantitative estimate of drug-likeness (QED) is 0.523. The molecule has 0 spiro atoms. The molecule has 0 aliphatic heterocycles. The van der Waals surface area contributed by atoms with E-state index in [1.807, 2.05) is 42.5 Å². The van der Waals surface area contributed by atoms with E-state index in [9.17, 15) is 9.59 Å². The number of carbonyl (C=O) groups is 1. The number of rotatable bonds is 4. The van der Waals surface area contributed by atoms with Gasteiger partial charge in [0.15, 0.2) is 0 Å². The number of amides is 1. The lowest BCUT2D eigenvalue weighted by Gasteiger charge is -2.26. The van der Waals surface area contributed by atoms with Crippen molar-refractivity contribution in [1.29, 1.82) is 0 Å². The van der Waals surface area contributed by atoms with Gasteiger partial charge in [-0.3, -0.25) is 9.59 Å². The fourth-order valence-corrected chi connectivity index (χ4v) is 4.58. The predicted octanol–water partition coefficient (Wildman–Crippen LogP) is 4.56. The number of hydrogen-bond donors (Lipinski definition) is 1. The molecule has 0 saturated heterocycles. The monoisotopic (exact) mass is 423 g/mol. The molecule has 0 fully saturated rings. The molecule has 1 N–H and O–H groups in total. The Morgan fingerprint density at radius 3 is 2.69 bits per heavy atom. The average molecular weight is 424 g/mol. The van der Waals surface area contributed by atoms with Gasteiger partial charge in [0.05, 0.1) is 23.6 Å². The van der Waals surface area contributed by atoms with Crippen molar-refractivity contribution >= 4 is 16.9 Å². The Kier molecular flexibility index (Phi) is 5.31. The number of carbonyl (C=O) groups excluding carboxylic acids is 1. The van der Waals surface area contributed by atoms with Crippen molar-refractivity contribution in [2.24, 2.45) is 0 Å². The molecule has 32 heavy (non-hydrogen) atoms. The molecule has 1 amide bonds. The van der Waals surface area contributed by atoms with E-state index in [1.165, 1.54) is 11.1 Å². The first-order chi connectivity index (χ1) is 15.6. The van der Waals surface area contributed by atoms with Crippen LogP contribution in [0.15, 0.2) is 77.6 Å². The van der Waals surface area contributed by atoms with Gasteiger partial charge in [-0.1, -0.05) is 54.6 Å². The third kappa shape index (κ3) is 3.82. The highest BCUT2D eigenvalue weighted by atomic mass is 16.1. The van der Waals surface area contributed by atoms with Crippen LogP contribution in [-0.2, 0) is 13.0 Å².